The van der Waals surface area contributed by atoms with E-state index in [9.17, 15) is 13.6 Å². The van der Waals surface area contributed by atoms with Crippen LogP contribution in [-0.2, 0) is 16.1 Å². The molecule has 0 spiro atoms. The number of ether oxygens (including phenoxy) is 2. The number of hydrogen-bond acceptors (Lipinski definition) is 8. The van der Waals surface area contributed by atoms with Crippen LogP contribution in [0.15, 0.2) is 35.5 Å². The Hall–Kier alpha value is -3.39. The van der Waals surface area contributed by atoms with Crippen LogP contribution in [0, 0.1) is 11.6 Å². The predicted octanol–water partition coefficient (Wildman–Crippen LogP) is -0.270. The average Bonchev–Trinajstić information content (AvgIpc) is 2.62. The van der Waals surface area contributed by atoms with Crippen molar-refractivity contribution in [2.24, 2.45) is 16.5 Å². The molecule has 0 atom stereocenters. The van der Waals surface area contributed by atoms with Gasteiger partial charge in [-0.05, 0) is 6.07 Å². The van der Waals surface area contributed by atoms with E-state index in [0.717, 1.165) is 6.07 Å². The fourth-order valence-electron chi connectivity index (χ4n) is 2.91. The molecule has 13 heteroatoms. The number of hydrogen-bond donors (Lipinski definition) is 5. The smallest absolute Gasteiger partial charge is 0.437 e. The van der Waals surface area contributed by atoms with E-state index in [4.69, 9.17) is 31.5 Å². The molecule has 166 valence electrons. The first kappa shape index (κ1) is 22.3. The fraction of sp³-hybridized carbons (Fsp3) is 0.278. The maximum Gasteiger partial charge on any atom is 0.437 e. The first-order chi connectivity index (χ1) is 14.5. The third kappa shape index (κ3) is 5.61. The summed E-state index contributed by atoms with van der Waals surface area (Å²) in [4.78, 5) is 19.9. The van der Waals surface area contributed by atoms with Crippen LogP contribution in [0.25, 0.3) is 11.1 Å². The monoisotopic (exact) mass is 439 g/mol. The zero-order valence-corrected chi connectivity index (χ0v) is 15.9. The summed E-state index contributed by atoms with van der Waals surface area (Å²) >= 11 is 0. The summed E-state index contributed by atoms with van der Waals surface area (Å²) in [5.41, 5.74) is 10.3. The quantitative estimate of drug-likeness (QED) is 0.229. The summed E-state index contributed by atoms with van der Waals surface area (Å²) in [6.45, 7) is -0.337. The van der Waals surface area contributed by atoms with Gasteiger partial charge in [-0.3, -0.25) is 4.74 Å². The summed E-state index contributed by atoms with van der Waals surface area (Å²) in [6, 6.07) is 5.36. The summed E-state index contributed by atoms with van der Waals surface area (Å²) in [7, 11) is 0. The van der Waals surface area contributed by atoms with Crippen molar-refractivity contribution >= 4 is 17.9 Å². The molecule has 1 saturated heterocycles. The van der Waals surface area contributed by atoms with Crippen LogP contribution < -0.4 is 16.4 Å². The highest BCUT2D eigenvalue weighted by molar-refractivity contribution is 5.87. The Morgan fingerprint density at radius 2 is 2.00 bits per heavy atom. The van der Waals surface area contributed by atoms with E-state index >= 15 is 0 Å². The Labute approximate surface area is 174 Å². The summed E-state index contributed by atoms with van der Waals surface area (Å²) < 4.78 is 38.7. The molecule has 3 rings (SSSR count). The number of nitrogens with two attached hydrogens (primary N) is 2. The third-order valence-electron chi connectivity index (χ3n) is 4.26. The number of benzene rings is 1. The molecule has 1 aromatic heterocycles. The molecule has 0 aliphatic carbocycles. The summed E-state index contributed by atoms with van der Waals surface area (Å²) in [5.74, 6) is -2.03. The Balaban J connectivity index is 1.72. The molecule has 0 unspecified atom stereocenters. The Kier molecular flexibility index (Phi) is 6.31. The molecule has 1 fully saturated rings. The normalized spacial score (nSPS) is 14.2. The number of halogens is 2. The predicted molar refractivity (Wildman–Crippen MR) is 102 cm³/mol. The van der Waals surface area contributed by atoms with E-state index in [0.29, 0.717) is 0 Å². The zero-order valence-electron chi connectivity index (χ0n) is 15.9. The van der Waals surface area contributed by atoms with E-state index in [1.165, 1.54) is 29.3 Å². The van der Waals surface area contributed by atoms with Crippen LogP contribution in [-0.4, -0.2) is 57.7 Å². The number of guanidine groups is 1. The minimum Gasteiger partial charge on any atom is -0.443 e. The molecule has 1 aliphatic heterocycles. The number of carbonyl (C=O) groups excluding carboxylic acids is 1. The first-order valence-corrected chi connectivity index (χ1v) is 8.83. The molecule has 2 aromatic rings. The average molecular weight is 439 g/mol. The van der Waals surface area contributed by atoms with Crippen molar-refractivity contribution in [1.82, 2.24) is 4.98 Å². The number of aliphatic hydroxyl groups is 3. The van der Waals surface area contributed by atoms with Crippen LogP contribution in [0.1, 0.15) is 5.56 Å². The van der Waals surface area contributed by atoms with Gasteiger partial charge in [-0.25, -0.2) is 18.6 Å². The van der Waals surface area contributed by atoms with E-state index in [2.05, 4.69) is 14.7 Å². The Morgan fingerprint density at radius 3 is 2.61 bits per heavy atom. The second kappa shape index (κ2) is 8.77. The lowest BCUT2D eigenvalue weighted by Crippen LogP contribution is -2.56. The largest absolute Gasteiger partial charge is 0.443 e. The number of nitrogens with zero attached hydrogens (tertiary/aromatic N) is 3. The highest BCUT2D eigenvalue weighted by Gasteiger charge is 2.36. The molecule has 11 nitrogen and oxygen atoms in total. The van der Waals surface area contributed by atoms with Crippen LogP contribution in [0.2, 0.25) is 0 Å². The molecule has 0 saturated carbocycles. The van der Waals surface area contributed by atoms with Gasteiger partial charge in [0.2, 0.25) is 0 Å². The first-order valence-electron chi connectivity index (χ1n) is 8.83. The number of rotatable bonds is 6. The van der Waals surface area contributed by atoms with Gasteiger partial charge in [0.05, 0.1) is 0 Å². The van der Waals surface area contributed by atoms with Gasteiger partial charge in [-0.1, -0.05) is 18.2 Å². The SMILES string of the molecule is NC(N)=NC(=O)OCc1cccc(-c2cnc(N3CC(OC(O)(O)O)C3)c(F)c2)c1F. The number of carbonyl (C=O) groups is 1. The molecule has 0 bridgehead atoms. The maximum atomic E-state index is 14.8. The van der Waals surface area contributed by atoms with Gasteiger partial charge >= 0.3 is 12.3 Å². The van der Waals surface area contributed by atoms with E-state index in [1.54, 1.807) is 0 Å². The number of aromatic nitrogens is 1. The number of anilines is 1. The van der Waals surface area contributed by atoms with Gasteiger partial charge in [0.25, 0.3) is 0 Å². The van der Waals surface area contributed by atoms with Gasteiger partial charge in [0.15, 0.2) is 17.6 Å². The second-order valence-electron chi connectivity index (χ2n) is 6.62. The third-order valence-corrected chi connectivity index (χ3v) is 4.26. The molecule has 1 amide bonds. The van der Waals surface area contributed by atoms with Crippen molar-refractivity contribution in [3.05, 3.63) is 47.7 Å². The fourth-order valence-corrected chi connectivity index (χ4v) is 2.91. The summed E-state index contributed by atoms with van der Waals surface area (Å²) in [6.07, 6.45) is -3.84. The molecule has 0 radical (unpaired) electrons. The molecule has 2 heterocycles. The number of amides is 1. The summed E-state index contributed by atoms with van der Waals surface area (Å²) in [5, 5.41) is 26.3. The molecular weight excluding hydrogens is 420 g/mol. The standard InChI is InChI=1S/C18H19F2N5O6/c19-13-4-10(5-23-15(13)25-6-11(7-25)31-18(27,28)29)12-3-1-2-9(14(12)20)8-30-17(26)24-16(21)22/h1-5,11,27-29H,6-8H2,(H4,21,22,24,26). The minimum absolute atomic E-state index is 0.0179. The van der Waals surface area contributed by atoms with Gasteiger partial charge in [-0.2, -0.15) is 0 Å². The van der Waals surface area contributed by atoms with Crippen LogP contribution in [0.4, 0.5) is 19.4 Å². The van der Waals surface area contributed by atoms with Crippen LogP contribution in [0.5, 0.6) is 0 Å². The van der Waals surface area contributed by atoms with E-state index in [1.807, 2.05) is 0 Å². The van der Waals surface area contributed by atoms with Crippen molar-refractivity contribution < 1.29 is 38.4 Å². The van der Waals surface area contributed by atoms with E-state index in [-0.39, 0.29) is 35.6 Å². The second-order valence-corrected chi connectivity index (χ2v) is 6.62. The topological polar surface area (TPSA) is 177 Å². The molecule has 1 aromatic carbocycles. The maximum absolute atomic E-state index is 14.8. The number of aliphatic imine (C=N–C) groups is 1. The van der Waals surface area contributed by atoms with Gasteiger partial charge < -0.3 is 36.4 Å². The Bertz CT molecular complexity index is 1000. The zero-order chi connectivity index (χ0) is 22.8. The van der Waals surface area contributed by atoms with E-state index < -0.39 is 42.6 Å². The molecular formula is C18H19F2N5O6. The Morgan fingerprint density at radius 1 is 1.29 bits per heavy atom. The van der Waals surface area contributed by atoms with Crippen molar-refractivity contribution in [2.75, 3.05) is 18.0 Å². The van der Waals surface area contributed by atoms with Gasteiger partial charge in [0, 0.05) is 36.0 Å². The molecule has 7 N–H and O–H groups in total. The van der Waals surface area contributed by atoms with Gasteiger partial charge in [-0.15, -0.1) is 4.99 Å². The molecule has 31 heavy (non-hydrogen) atoms. The van der Waals surface area contributed by atoms with Crippen molar-refractivity contribution in [1.29, 1.82) is 0 Å². The molecule has 1 aliphatic rings. The minimum atomic E-state index is -3.27. The highest BCUT2D eigenvalue weighted by Crippen LogP contribution is 2.30. The van der Waals surface area contributed by atoms with Crippen molar-refractivity contribution in [3.63, 3.8) is 0 Å². The van der Waals surface area contributed by atoms with Crippen LogP contribution in [0.3, 0.4) is 0 Å². The highest BCUT2D eigenvalue weighted by atomic mass is 19.1. The lowest BCUT2D eigenvalue weighted by Gasteiger charge is -2.40. The van der Waals surface area contributed by atoms with Crippen molar-refractivity contribution in [3.8, 4) is 11.1 Å². The van der Waals surface area contributed by atoms with Crippen molar-refractivity contribution in [2.45, 2.75) is 18.9 Å². The number of pyridine rings is 1. The van der Waals surface area contributed by atoms with Gasteiger partial charge in [0.1, 0.15) is 18.5 Å². The van der Waals surface area contributed by atoms with Crippen LogP contribution >= 0.6 is 0 Å². The lowest BCUT2D eigenvalue weighted by molar-refractivity contribution is -0.466. The lowest BCUT2D eigenvalue weighted by atomic mass is 10.0.